The van der Waals surface area contributed by atoms with E-state index in [9.17, 15) is 14.7 Å². The summed E-state index contributed by atoms with van der Waals surface area (Å²) in [4.78, 5) is 27.4. The van der Waals surface area contributed by atoms with Gasteiger partial charge in [-0.3, -0.25) is 9.69 Å². The first kappa shape index (κ1) is 21.5. The van der Waals surface area contributed by atoms with Crippen LogP contribution in [-0.2, 0) is 6.54 Å². The van der Waals surface area contributed by atoms with Crippen LogP contribution in [0.15, 0.2) is 60.0 Å². The summed E-state index contributed by atoms with van der Waals surface area (Å²) < 4.78 is 0. The second kappa shape index (κ2) is 8.69. The van der Waals surface area contributed by atoms with Crippen molar-refractivity contribution in [1.29, 1.82) is 0 Å². The van der Waals surface area contributed by atoms with E-state index < -0.39 is 11.6 Å². The topological polar surface area (TPSA) is 95.7 Å². The molecular formula is C23H25N3O3S. The van der Waals surface area contributed by atoms with Crippen molar-refractivity contribution in [3.05, 3.63) is 71.1 Å². The molecule has 156 valence electrons. The van der Waals surface area contributed by atoms with E-state index in [1.54, 1.807) is 36.4 Å². The monoisotopic (exact) mass is 423 g/mol. The number of hydrogen-bond donors (Lipinski definition) is 3. The fourth-order valence-corrected chi connectivity index (χ4v) is 3.98. The fraction of sp³-hybridized carbons (Fsp3) is 0.217. The summed E-state index contributed by atoms with van der Waals surface area (Å²) in [5.41, 5.74) is 7.98. The number of para-hydroxylation sites is 1. The highest BCUT2D eigenvalue weighted by Gasteiger charge is 2.31. The number of nitrogens with one attached hydrogen (secondary N) is 1. The largest absolute Gasteiger partial charge is 0.465 e. The van der Waals surface area contributed by atoms with Gasteiger partial charge >= 0.3 is 6.09 Å². The van der Waals surface area contributed by atoms with Gasteiger partial charge in [0, 0.05) is 28.1 Å². The van der Waals surface area contributed by atoms with Crippen LogP contribution in [-0.4, -0.2) is 22.6 Å². The Morgan fingerprint density at radius 2 is 1.77 bits per heavy atom. The van der Waals surface area contributed by atoms with E-state index in [-0.39, 0.29) is 5.91 Å². The van der Waals surface area contributed by atoms with Crippen LogP contribution in [0.25, 0.3) is 10.4 Å². The van der Waals surface area contributed by atoms with Crippen molar-refractivity contribution in [2.24, 2.45) is 5.73 Å². The van der Waals surface area contributed by atoms with Gasteiger partial charge in [0.2, 0.25) is 0 Å². The van der Waals surface area contributed by atoms with Crippen LogP contribution in [0.2, 0.25) is 0 Å². The number of hydrogen-bond acceptors (Lipinski definition) is 4. The third-order valence-electron chi connectivity index (χ3n) is 4.62. The van der Waals surface area contributed by atoms with Gasteiger partial charge in [-0.1, -0.05) is 30.3 Å². The van der Waals surface area contributed by atoms with Crippen molar-refractivity contribution >= 4 is 34.7 Å². The second-order valence-corrected chi connectivity index (χ2v) is 8.77. The maximum absolute atomic E-state index is 13.0. The smallest absolute Gasteiger partial charge is 0.412 e. The van der Waals surface area contributed by atoms with E-state index in [0.717, 1.165) is 16.0 Å². The maximum Gasteiger partial charge on any atom is 0.412 e. The fourth-order valence-electron chi connectivity index (χ4n) is 3.22. The molecule has 2 amide bonds. The molecule has 0 bridgehead atoms. The number of anilines is 2. The second-order valence-electron chi connectivity index (χ2n) is 7.82. The lowest BCUT2D eigenvalue weighted by Gasteiger charge is -2.35. The first-order valence-corrected chi connectivity index (χ1v) is 10.4. The van der Waals surface area contributed by atoms with Gasteiger partial charge in [-0.15, -0.1) is 11.3 Å². The molecular weight excluding hydrogens is 398 g/mol. The Hall–Kier alpha value is -3.16. The zero-order valence-corrected chi connectivity index (χ0v) is 18.0. The molecule has 0 saturated carbocycles. The Bertz CT molecular complexity index is 1040. The highest BCUT2D eigenvalue weighted by molar-refractivity contribution is 7.13. The molecule has 7 heteroatoms. The molecule has 0 spiro atoms. The average molecular weight is 424 g/mol. The van der Waals surface area contributed by atoms with Crippen molar-refractivity contribution in [3.63, 3.8) is 0 Å². The number of nitrogens with zero attached hydrogens (tertiary/aromatic N) is 1. The van der Waals surface area contributed by atoms with Crippen molar-refractivity contribution in [1.82, 2.24) is 0 Å². The quantitative estimate of drug-likeness (QED) is 0.511. The average Bonchev–Trinajstić information content (AvgIpc) is 3.22. The van der Waals surface area contributed by atoms with Crippen LogP contribution in [0.3, 0.4) is 0 Å². The molecule has 0 radical (unpaired) electrons. The van der Waals surface area contributed by atoms with E-state index in [2.05, 4.69) is 5.32 Å². The normalized spacial score (nSPS) is 11.2. The molecule has 6 nitrogen and oxygen atoms in total. The van der Waals surface area contributed by atoms with E-state index in [1.165, 1.54) is 16.2 Å². The minimum atomic E-state index is -1.09. The summed E-state index contributed by atoms with van der Waals surface area (Å²) in [6.45, 7) is 5.84. The van der Waals surface area contributed by atoms with Gasteiger partial charge < -0.3 is 16.2 Å². The highest BCUT2D eigenvalue weighted by Crippen LogP contribution is 2.40. The van der Waals surface area contributed by atoms with Gasteiger partial charge in [0.05, 0.1) is 11.4 Å². The van der Waals surface area contributed by atoms with Gasteiger partial charge in [-0.05, 0) is 56.0 Å². The molecule has 0 aliphatic heterocycles. The Balaban J connectivity index is 2.12. The number of nitrogens with two attached hydrogens (primary N) is 1. The third-order valence-corrected chi connectivity index (χ3v) is 5.53. The zero-order valence-electron chi connectivity index (χ0n) is 17.2. The summed E-state index contributed by atoms with van der Waals surface area (Å²) in [5.74, 6) is -0.317. The Morgan fingerprint density at radius 3 is 2.30 bits per heavy atom. The molecule has 4 N–H and O–H groups in total. The standard InChI is InChI=1S/C23H25N3O3S/c1-23(2,3)26(22(28)29)18-7-4-6-17(19-8-5-13-30-19)20(18)25-21(27)16-11-9-15(14-24)10-12-16/h4-13H,14,24H2,1-3H3,(H,25,27)(H,28,29). The van der Waals surface area contributed by atoms with Crippen molar-refractivity contribution < 1.29 is 14.7 Å². The van der Waals surface area contributed by atoms with Crippen LogP contribution >= 0.6 is 11.3 Å². The van der Waals surface area contributed by atoms with Gasteiger partial charge in [-0.25, -0.2) is 4.79 Å². The first-order chi connectivity index (χ1) is 14.2. The molecule has 3 rings (SSSR count). The lowest BCUT2D eigenvalue weighted by Crippen LogP contribution is -2.45. The number of carboxylic acid groups (broad SMARTS) is 1. The zero-order chi connectivity index (χ0) is 21.9. The van der Waals surface area contributed by atoms with E-state index >= 15 is 0 Å². The first-order valence-electron chi connectivity index (χ1n) is 9.53. The number of benzene rings is 2. The van der Waals surface area contributed by atoms with E-state index in [4.69, 9.17) is 5.73 Å². The molecule has 0 fully saturated rings. The minimum Gasteiger partial charge on any atom is -0.465 e. The molecule has 1 aromatic heterocycles. The van der Waals surface area contributed by atoms with Crippen LogP contribution in [0, 0.1) is 0 Å². The molecule has 0 saturated heterocycles. The van der Waals surface area contributed by atoms with Gasteiger partial charge in [0.15, 0.2) is 0 Å². The van der Waals surface area contributed by atoms with Crippen LogP contribution in [0.1, 0.15) is 36.7 Å². The van der Waals surface area contributed by atoms with Crippen LogP contribution in [0.5, 0.6) is 0 Å². The number of thiophene rings is 1. The maximum atomic E-state index is 13.0. The number of carbonyl (C=O) groups excluding carboxylic acids is 1. The molecule has 3 aromatic rings. The molecule has 1 heterocycles. The predicted octanol–water partition coefficient (Wildman–Crippen LogP) is 5.41. The summed E-state index contributed by atoms with van der Waals surface area (Å²) in [7, 11) is 0. The number of amides is 2. The van der Waals surface area contributed by atoms with Crippen LogP contribution in [0.4, 0.5) is 16.2 Å². The molecule has 0 aliphatic carbocycles. The third kappa shape index (κ3) is 4.53. The van der Waals surface area contributed by atoms with Gasteiger partial charge in [0.25, 0.3) is 5.91 Å². The molecule has 30 heavy (non-hydrogen) atoms. The highest BCUT2D eigenvalue weighted by atomic mass is 32.1. The van der Waals surface area contributed by atoms with Gasteiger partial charge in [0.1, 0.15) is 0 Å². The van der Waals surface area contributed by atoms with Gasteiger partial charge in [-0.2, -0.15) is 0 Å². The SMILES string of the molecule is CC(C)(C)N(C(=O)O)c1cccc(-c2cccs2)c1NC(=O)c1ccc(CN)cc1. The van der Waals surface area contributed by atoms with E-state index in [1.807, 2.05) is 44.4 Å². The Labute approximate surface area is 180 Å². The van der Waals surface area contributed by atoms with E-state index in [0.29, 0.717) is 23.5 Å². The summed E-state index contributed by atoms with van der Waals surface area (Å²) in [5, 5.41) is 14.8. The summed E-state index contributed by atoms with van der Waals surface area (Å²) in [6, 6.07) is 16.3. The Morgan fingerprint density at radius 1 is 1.07 bits per heavy atom. The molecule has 0 aliphatic rings. The molecule has 2 aromatic carbocycles. The summed E-state index contributed by atoms with van der Waals surface area (Å²) in [6.07, 6.45) is -1.09. The predicted molar refractivity (Wildman–Crippen MR) is 122 cm³/mol. The van der Waals surface area contributed by atoms with Crippen molar-refractivity contribution in [2.75, 3.05) is 10.2 Å². The number of rotatable bonds is 5. The summed E-state index contributed by atoms with van der Waals surface area (Å²) >= 11 is 1.52. The molecule has 0 atom stereocenters. The minimum absolute atomic E-state index is 0.317. The lowest BCUT2D eigenvalue weighted by atomic mass is 10.0. The van der Waals surface area contributed by atoms with Crippen LogP contribution < -0.4 is 16.0 Å². The lowest BCUT2D eigenvalue weighted by molar-refractivity contribution is 0.102. The molecule has 0 unspecified atom stereocenters. The number of carbonyl (C=O) groups is 2. The Kier molecular flexibility index (Phi) is 6.24. The van der Waals surface area contributed by atoms with Crippen molar-refractivity contribution in [3.8, 4) is 10.4 Å². The van der Waals surface area contributed by atoms with Crippen molar-refractivity contribution in [2.45, 2.75) is 32.9 Å².